The zero-order chi connectivity index (χ0) is 15.4. The zero-order valence-electron chi connectivity index (χ0n) is 11.8. The minimum Gasteiger partial charge on any atom is -0.350 e. The molecule has 2 aromatic rings. The Balaban J connectivity index is 1.62. The Labute approximate surface area is 133 Å². The molecule has 3 rings (SSSR count). The van der Waals surface area contributed by atoms with Crippen molar-refractivity contribution in [1.82, 2.24) is 26.1 Å². The molecule has 1 aliphatic rings. The van der Waals surface area contributed by atoms with Gasteiger partial charge in [-0.25, -0.2) is 10.4 Å². The Bertz CT molecular complexity index is 634. The third-order valence-corrected chi connectivity index (χ3v) is 3.89. The standard InChI is InChI=1S/C15H16ClN5O/c16-12-3-1-10(2-4-12)14-11(8-20-21-14)7-19-15(22)13-9-17-5-6-18-13/h1-6,9,11,14,20-21H,7-8H2,(H,19,22). The molecule has 1 aromatic heterocycles. The minimum atomic E-state index is -0.213. The summed E-state index contributed by atoms with van der Waals surface area (Å²) in [6, 6.07) is 7.84. The topological polar surface area (TPSA) is 78.9 Å². The Morgan fingerprint density at radius 3 is 2.86 bits per heavy atom. The van der Waals surface area contributed by atoms with Crippen LogP contribution in [0.25, 0.3) is 0 Å². The Kier molecular flexibility index (Phi) is 4.62. The number of nitrogens with one attached hydrogen (secondary N) is 3. The van der Waals surface area contributed by atoms with E-state index in [2.05, 4.69) is 26.1 Å². The second-order valence-corrected chi connectivity index (χ2v) is 5.55. The number of hydrogen-bond acceptors (Lipinski definition) is 5. The number of halogens is 1. The van der Waals surface area contributed by atoms with Crippen LogP contribution in [0.3, 0.4) is 0 Å². The SMILES string of the molecule is O=C(NCC1CNNC1c1ccc(Cl)cc1)c1cnccn1. The van der Waals surface area contributed by atoms with E-state index in [1.54, 1.807) is 0 Å². The molecule has 0 radical (unpaired) electrons. The molecule has 2 heterocycles. The van der Waals surface area contributed by atoms with Gasteiger partial charge < -0.3 is 5.32 Å². The molecule has 7 heteroatoms. The van der Waals surface area contributed by atoms with Gasteiger partial charge in [-0.1, -0.05) is 23.7 Å². The number of rotatable bonds is 4. The summed E-state index contributed by atoms with van der Waals surface area (Å²) in [5.74, 6) is 0.0247. The molecule has 1 amide bonds. The van der Waals surface area contributed by atoms with Gasteiger partial charge in [0.1, 0.15) is 5.69 Å². The Morgan fingerprint density at radius 1 is 1.32 bits per heavy atom. The van der Waals surface area contributed by atoms with E-state index in [9.17, 15) is 4.79 Å². The lowest BCUT2D eigenvalue weighted by molar-refractivity contribution is 0.0941. The summed E-state index contributed by atoms with van der Waals surface area (Å²) in [7, 11) is 0. The number of carbonyl (C=O) groups is 1. The third-order valence-electron chi connectivity index (χ3n) is 3.64. The van der Waals surface area contributed by atoms with Crippen LogP contribution in [0, 0.1) is 5.92 Å². The van der Waals surface area contributed by atoms with Crippen molar-refractivity contribution in [3.05, 3.63) is 59.1 Å². The summed E-state index contributed by atoms with van der Waals surface area (Å²) in [5.41, 5.74) is 7.83. The molecule has 0 saturated carbocycles. The van der Waals surface area contributed by atoms with Crippen molar-refractivity contribution in [1.29, 1.82) is 0 Å². The molecule has 1 aromatic carbocycles. The molecule has 22 heavy (non-hydrogen) atoms. The van der Waals surface area contributed by atoms with Gasteiger partial charge in [0.05, 0.1) is 12.2 Å². The van der Waals surface area contributed by atoms with Crippen LogP contribution in [0.1, 0.15) is 22.1 Å². The number of carbonyl (C=O) groups excluding carboxylic acids is 1. The van der Waals surface area contributed by atoms with Gasteiger partial charge in [0.25, 0.3) is 5.91 Å². The fourth-order valence-corrected chi connectivity index (χ4v) is 2.61. The van der Waals surface area contributed by atoms with Gasteiger partial charge in [-0.3, -0.25) is 15.2 Å². The van der Waals surface area contributed by atoms with Crippen LogP contribution in [0.5, 0.6) is 0 Å². The van der Waals surface area contributed by atoms with Gasteiger partial charge in [-0.05, 0) is 17.7 Å². The number of amides is 1. The average molecular weight is 318 g/mol. The van der Waals surface area contributed by atoms with Crippen molar-refractivity contribution in [3.63, 3.8) is 0 Å². The van der Waals surface area contributed by atoms with Gasteiger partial charge in [0, 0.05) is 36.4 Å². The third kappa shape index (κ3) is 3.41. The number of hydrazine groups is 1. The Hall–Kier alpha value is -2.02. The van der Waals surface area contributed by atoms with Crippen molar-refractivity contribution >= 4 is 17.5 Å². The van der Waals surface area contributed by atoms with Crippen LogP contribution in [0.4, 0.5) is 0 Å². The molecule has 0 aliphatic carbocycles. The summed E-state index contributed by atoms with van der Waals surface area (Å²) in [6.45, 7) is 1.32. The smallest absolute Gasteiger partial charge is 0.271 e. The summed E-state index contributed by atoms with van der Waals surface area (Å²) < 4.78 is 0. The van der Waals surface area contributed by atoms with Gasteiger partial charge >= 0.3 is 0 Å². The largest absolute Gasteiger partial charge is 0.350 e. The number of benzene rings is 1. The fraction of sp³-hybridized carbons (Fsp3) is 0.267. The highest BCUT2D eigenvalue weighted by molar-refractivity contribution is 6.30. The van der Waals surface area contributed by atoms with Gasteiger partial charge in [-0.15, -0.1) is 0 Å². The summed E-state index contributed by atoms with van der Waals surface area (Å²) in [4.78, 5) is 19.9. The molecule has 6 nitrogen and oxygen atoms in total. The average Bonchev–Trinajstić information content (AvgIpc) is 3.02. The molecular weight excluding hydrogens is 302 g/mol. The van der Waals surface area contributed by atoms with Crippen LogP contribution < -0.4 is 16.2 Å². The van der Waals surface area contributed by atoms with Crippen LogP contribution in [0.2, 0.25) is 5.02 Å². The van der Waals surface area contributed by atoms with E-state index >= 15 is 0 Å². The predicted octanol–water partition coefficient (Wildman–Crippen LogP) is 1.33. The molecular formula is C15H16ClN5O. The van der Waals surface area contributed by atoms with E-state index in [-0.39, 0.29) is 17.9 Å². The Morgan fingerprint density at radius 2 is 2.14 bits per heavy atom. The molecule has 1 saturated heterocycles. The maximum Gasteiger partial charge on any atom is 0.271 e. The number of aromatic nitrogens is 2. The molecule has 1 fully saturated rings. The fourth-order valence-electron chi connectivity index (χ4n) is 2.48. The van der Waals surface area contributed by atoms with E-state index in [4.69, 9.17) is 11.6 Å². The van der Waals surface area contributed by atoms with E-state index in [0.29, 0.717) is 17.3 Å². The first-order valence-corrected chi connectivity index (χ1v) is 7.40. The zero-order valence-corrected chi connectivity index (χ0v) is 12.5. The number of hydrogen-bond donors (Lipinski definition) is 3. The van der Waals surface area contributed by atoms with Gasteiger partial charge in [0.2, 0.25) is 0 Å². The maximum atomic E-state index is 12.0. The van der Waals surface area contributed by atoms with Crippen molar-refractivity contribution < 1.29 is 4.79 Å². The molecule has 2 unspecified atom stereocenters. The van der Waals surface area contributed by atoms with Crippen LogP contribution in [0.15, 0.2) is 42.9 Å². The monoisotopic (exact) mass is 317 g/mol. The summed E-state index contributed by atoms with van der Waals surface area (Å²) in [6.07, 6.45) is 4.50. The van der Waals surface area contributed by atoms with Crippen molar-refractivity contribution in [2.24, 2.45) is 5.92 Å². The van der Waals surface area contributed by atoms with Crippen molar-refractivity contribution in [2.45, 2.75) is 6.04 Å². The predicted molar refractivity (Wildman–Crippen MR) is 83.2 cm³/mol. The first kappa shape index (κ1) is 14.9. The normalized spacial score (nSPS) is 20.8. The summed E-state index contributed by atoms with van der Waals surface area (Å²) in [5, 5.41) is 3.61. The highest BCUT2D eigenvalue weighted by Crippen LogP contribution is 2.25. The van der Waals surface area contributed by atoms with E-state index in [0.717, 1.165) is 12.1 Å². The lowest BCUT2D eigenvalue weighted by atomic mass is 9.95. The minimum absolute atomic E-state index is 0.124. The van der Waals surface area contributed by atoms with Crippen LogP contribution in [-0.4, -0.2) is 29.0 Å². The number of nitrogens with zero attached hydrogens (tertiary/aromatic N) is 2. The van der Waals surface area contributed by atoms with Gasteiger partial charge in [0.15, 0.2) is 0 Å². The molecule has 3 N–H and O–H groups in total. The first-order valence-electron chi connectivity index (χ1n) is 7.02. The second-order valence-electron chi connectivity index (χ2n) is 5.12. The lowest BCUT2D eigenvalue weighted by Crippen LogP contribution is -2.33. The quantitative estimate of drug-likeness (QED) is 0.793. The highest BCUT2D eigenvalue weighted by atomic mass is 35.5. The highest BCUT2D eigenvalue weighted by Gasteiger charge is 2.28. The van der Waals surface area contributed by atoms with Crippen LogP contribution >= 0.6 is 11.6 Å². The van der Waals surface area contributed by atoms with Gasteiger partial charge in [-0.2, -0.15) is 0 Å². The molecule has 114 valence electrons. The first-order chi connectivity index (χ1) is 10.7. The molecule has 0 bridgehead atoms. The molecule has 0 spiro atoms. The lowest BCUT2D eigenvalue weighted by Gasteiger charge is -2.19. The van der Waals surface area contributed by atoms with E-state index < -0.39 is 0 Å². The summed E-state index contributed by atoms with van der Waals surface area (Å²) >= 11 is 5.92. The van der Waals surface area contributed by atoms with E-state index in [1.165, 1.54) is 18.6 Å². The second kappa shape index (κ2) is 6.83. The van der Waals surface area contributed by atoms with Crippen molar-refractivity contribution in [2.75, 3.05) is 13.1 Å². The maximum absolute atomic E-state index is 12.0. The molecule has 1 aliphatic heterocycles. The van der Waals surface area contributed by atoms with Crippen molar-refractivity contribution in [3.8, 4) is 0 Å². The molecule has 2 atom stereocenters. The van der Waals surface area contributed by atoms with E-state index in [1.807, 2.05) is 24.3 Å². The van der Waals surface area contributed by atoms with Crippen LogP contribution in [-0.2, 0) is 0 Å².